The Morgan fingerprint density at radius 3 is 2.95 bits per heavy atom. The molecule has 1 N–H and O–H groups in total. The lowest BCUT2D eigenvalue weighted by Gasteiger charge is -2.26. The molecule has 0 bridgehead atoms. The van der Waals surface area contributed by atoms with Crippen molar-refractivity contribution in [3.8, 4) is 0 Å². The van der Waals surface area contributed by atoms with E-state index in [0.717, 1.165) is 29.0 Å². The van der Waals surface area contributed by atoms with Crippen molar-refractivity contribution in [1.29, 1.82) is 0 Å². The van der Waals surface area contributed by atoms with Gasteiger partial charge < -0.3 is 5.11 Å². The molecule has 0 radical (unpaired) electrons. The molecule has 2 aromatic rings. The number of hydrogen-bond donors (Lipinski definition) is 1. The Labute approximate surface area is 116 Å². The maximum Gasteiger partial charge on any atom is 0.345 e. The van der Waals surface area contributed by atoms with Crippen LogP contribution in [0.1, 0.15) is 41.2 Å². The van der Waals surface area contributed by atoms with Crippen LogP contribution >= 0.6 is 11.3 Å². The molecule has 0 spiro atoms. The smallest absolute Gasteiger partial charge is 0.345 e. The van der Waals surface area contributed by atoms with E-state index in [1.165, 1.54) is 29.0 Å². The van der Waals surface area contributed by atoms with Crippen LogP contribution < -0.4 is 0 Å². The Morgan fingerprint density at radius 1 is 1.47 bits per heavy atom. The summed E-state index contributed by atoms with van der Waals surface area (Å²) in [6.45, 7) is 4.55. The third-order valence-corrected chi connectivity index (χ3v) is 5.10. The second-order valence-electron chi connectivity index (χ2n) is 5.65. The molecule has 0 aliphatic heterocycles. The fourth-order valence-electron chi connectivity index (χ4n) is 2.83. The third kappa shape index (κ3) is 2.25. The molecule has 0 saturated heterocycles. The van der Waals surface area contributed by atoms with Crippen LogP contribution in [0.5, 0.6) is 0 Å². The van der Waals surface area contributed by atoms with Crippen LogP contribution in [-0.2, 0) is 12.8 Å². The summed E-state index contributed by atoms with van der Waals surface area (Å²) >= 11 is 1.27. The highest BCUT2D eigenvalue weighted by Gasteiger charge is 2.23. The van der Waals surface area contributed by atoms with Gasteiger partial charge in [0.1, 0.15) is 9.71 Å². The molecule has 2 heterocycles. The zero-order valence-electron chi connectivity index (χ0n) is 11.1. The maximum atomic E-state index is 11.0. The predicted molar refractivity (Wildman–Crippen MR) is 76.9 cm³/mol. The first kappa shape index (κ1) is 12.6. The number of hydrogen-bond acceptors (Lipinski definition) is 3. The van der Waals surface area contributed by atoms with Gasteiger partial charge in [-0.05, 0) is 48.8 Å². The number of thiophene rings is 1. The number of pyridine rings is 1. The van der Waals surface area contributed by atoms with E-state index in [4.69, 9.17) is 5.11 Å². The number of rotatable bonds is 2. The average molecular weight is 275 g/mol. The van der Waals surface area contributed by atoms with Crippen molar-refractivity contribution in [3.05, 3.63) is 28.3 Å². The van der Waals surface area contributed by atoms with E-state index in [-0.39, 0.29) is 0 Å². The Bertz CT molecular complexity index is 645. The van der Waals surface area contributed by atoms with Gasteiger partial charge in [-0.2, -0.15) is 0 Å². The summed E-state index contributed by atoms with van der Waals surface area (Å²) in [5.74, 6) is 0.561. The number of carboxylic acids is 1. The van der Waals surface area contributed by atoms with Crippen molar-refractivity contribution in [3.63, 3.8) is 0 Å². The van der Waals surface area contributed by atoms with Gasteiger partial charge in [0, 0.05) is 11.1 Å². The van der Waals surface area contributed by atoms with Crippen LogP contribution in [0.4, 0.5) is 0 Å². The fourth-order valence-corrected chi connectivity index (χ4v) is 3.70. The zero-order valence-corrected chi connectivity index (χ0v) is 12.0. The highest BCUT2D eigenvalue weighted by molar-refractivity contribution is 7.20. The summed E-state index contributed by atoms with van der Waals surface area (Å²) in [7, 11) is 0. The Balaban J connectivity index is 2.03. The highest BCUT2D eigenvalue weighted by atomic mass is 32.1. The van der Waals surface area contributed by atoms with Gasteiger partial charge in [0.05, 0.1) is 0 Å². The summed E-state index contributed by atoms with van der Waals surface area (Å²) in [5, 5.41) is 10.0. The number of nitrogens with zero attached hydrogens (tertiary/aromatic N) is 1. The molecule has 1 aliphatic carbocycles. The molecule has 100 valence electrons. The van der Waals surface area contributed by atoms with E-state index in [1.807, 2.05) is 0 Å². The molecule has 1 unspecified atom stereocenters. The van der Waals surface area contributed by atoms with Gasteiger partial charge in [-0.1, -0.05) is 13.8 Å². The summed E-state index contributed by atoms with van der Waals surface area (Å²) in [4.78, 5) is 16.9. The topological polar surface area (TPSA) is 50.2 Å². The minimum atomic E-state index is -0.860. The molecule has 1 aliphatic rings. The summed E-state index contributed by atoms with van der Waals surface area (Å²) in [6, 6.07) is 3.89. The molecule has 3 rings (SSSR count). The molecule has 0 aromatic carbocycles. The lowest BCUT2D eigenvalue weighted by Crippen LogP contribution is -2.19. The molecule has 0 amide bonds. The Kier molecular flexibility index (Phi) is 3.05. The molecule has 1 atom stereocenters. The highest BCUT2D eigenvalue weighted by Crippen LogP contribution is 2.33. The van der Waals surface area contributed by atoms with E-state index >= 15 is 0 Å². The standard InChI is InChI=1S/C15H17NO2S/c1-8(2)9-3-4-12-10(5-9)6-11-7-13(15(17)18)19-14(11)16-12/h6-9H,3-5H2,1-2H3,(H,17,18). The van der Waals surface area contributed by atoms with Crippen molar-refractivity contribution in [2.75, 3.05) is 0 Å². The number of aromatic carboxylic acids is 1. The second kappa shape index (κ2) is 4.60. The minimum absolute atomic E-state index is 0.380. The molecule has 19 heavy (non-hydrogen) atoms. The van der Waals surface area contributed by atoms with Crippen LogP contribution in [0, 0.1) is 11.8 Å². The van der Waals surface area contributed by atoms with Crippen molar-refractivity contribution in [1.82, 2.24) is 4.98 Å². The van der Waals surface area contributed by atoms with Crippen LogP contribution in [0.3, 0.4) is 0 Å². The zero-order chi connectivity index (χ0) is 13.6. The molecule has 0 fully saturated rings. The number of carbonyl (C=O) groups is 1. The van der Waals surface area contributed by atoms with E-state index in [2.05, 4.69) is 24.9 Å². The van der Waals surface area contributed by atoms with Crippen molar-refractivity contribution < 1.29 is 9.90 Å². The van der Waals surface area contributed by atoms with Crippen LogP contribution in [0.15, 0.2) is 12.1 Å². The molecule has 0 saturated carbocycles. The number of fused-ring (bicyclic) bond motifs is 2. The first-order valence-electron chi connectivity index (χ1n) is 6.70. The number of aromatic nitrogens is 1. The SMILES string of the molecule is CC(C)C1CCc2nc3sc(C(=O)O)cc3cc2C1. The van der Waals surface area contributed by atoms with Gasteiger partial charge >= 0.3 is 5.97 Å². The lowest BCUT2D eigenvalue weighted by atomic mass is 9.80. The van der Waals surface area contributed by atoms with Gasteiger partial charge in [-0.15, -0.1) is 11.3 Å². The van der Waals surface area contributed by atoms with Crippen LogP contribution in [-0.4, -0.2) is 16.1 Å². The predicted octanol–water partition coefficient (Wildman–Crippen LogP) is 3.76. The first-order valence-corrected chi connectivity index (χ1v) is 7.52. The van der Waals surface area contributed by atoms with E-state index in [0.29, 0.717) is 10.8 Å². The van der Waals surface area contributed by atoms with Crippen LogP contribution in [0.2, 0.25) is 0 Å². The van der Waals surface area contributed by atoms with Crippen molar-refractivity contribution >= 4 is 27.5 Å². The summed E-state index contributed by atoms with van der Waals surface area (Å²) in [6.07, 6.45) is 3.29. The lowest BCUT2D eigenvalue weighted by molar-refractivity contribution is 0.0702. The van der Waals surface area contributed by atoms with E-state index in [9.17, 15) is 4.79 Å². The van der Waals surface area contributed by atoms with Crippen molar-refractivity contribution in [2.45, 2.75) is 33.1 Å². The largest absolute Gasteiger partial charge is 0.477 e. The first-order chi connectivity index (χ1) is 9.04. The van der Waals surface area contributed by atoms with Gasteiger partial charge in [0.25, 0.3) is 0 Å². The van der Waals surface area contributed by atoms with E-state index in [1.54, 1.807) is 6.07 Å². The maximum absolute atomic E-state index is 11.0. The quantitative estimate of drug-likeness (QED) is 0.908. The third-order valence-electron chi connectivity index (χ3n) is 4.06. The second-order valence-corrected chi connectivity index (χ2v) is 6.68. The Morgan fingerprint density at radius 2 is 2.26 bits per heavy atom. The van der Waals surface area contributed by atoms with Gasteiger partial charge in [0.2, 0.25) is 0 Å². The van der Waals surface area contributed by atoms with Crippen LogP contribution in [0.25, 0.3) is 10.2 Å². The summed E-state index contributed by atoms with van der Waals surface area (Å²) < 4.78 is 0. The minimum Gasteiger partial charge on any atom is -0.477 e. The Hall–Kier alpha value is -1.42. The van der Waals surface area contributed by atoms with Gasteiger partial charge in [-0.25, -0.2) is 9.78 Å². The molecule has 2 aromatic heterocycles. The van der Waals surface area contributed by atoms with Gasteiger partial charge in [0.15, 0.2) is 0 Å². The normalized spacial score (nSPS) is 18.8. The molecule has 4 heteroatoms. The fraction of sp³-hybridized carbons (Fsp3) is 0.467. The molecular formula is C15H17NO2S. The van der Waals surface area contributed by atoms with E-state index < -0.39 is 5.97 Å². The molecular weight excluding hydrogens is 258 g/mol. The van der Waals surface area contributed by atoms with Gasteiger partial charge in [-0.3, -0.25) is 0 Å². The average Bonchev–Trinajstić information content (AvgIpc) is 2.78. The molecule has 3 nitrogen and oxygen atoms in total. The number of aryl methyl sites for hydroxylation is 1. The van der Waals surface area contributed by atoms with Crippen molar-refractivity contribution in [2.24, 2.45) is 11.8 Å². The number of carboxylic acid groups (broad SMARTS) is 1. The summed E-state index contributed by atoms with van der Waals surface area (Å²) in [5.41, 5.74) is 2.48. The monoisotopic (exact) mass is 275 g/mol.